The normalized spacial score (nSPS) is 12.3. The lowest BCUT2D eigenvalue weighted by molar-refractivity contribution is -0.141. The molecule has 0 aliphatic carbocycles. The fraction of sp³-hybridized carbons (Fsp3) is 0.176. The van der Waals surface area contributed by atoms with E-state index < -0.39 is 23.9 Å². The average molecular weight is 424 g/mol. The molecule has 12 heteroatoms. The molecule has 3 rings (SSSR count). The molecule has 0 fully saturated rings. The van der Waals surface area contributed by atoms with Crippen LogP contribution in [0.2, 0.25) is 5.02 Å². The first kappa shape index (κ1) is 20.4. The number of alkyl halides is 3. The number of aromatic nitrogens is 5. The Balaban J connectivity index is 1.74. The summed E-state index contributed by atoms with van der Waals surface area (Å²) in [5.41, 5.74) is -0.440. The number of nitrogens with zero attached hydrogens (tertiary/aromatic N) is 5. The van der Waals surface area contributed by atoms with Gasteiger partial charge in [0.05, 0.1) is 28.6 Å². The lowest BCUT2D eigenvalue weighted by Crippen LogP contribution is -2.32. The first-order valence-corrected chi connectivity index (χ1v) is 8.52. The number of anilines is 1. The fourth-order valence-corrected chi connectivity index (χ4v) is 2.56. The Morgan fingerprint density at radius 2 is 1.76 bits per heavy atom. The summed E-state index contributed by atoms with van der Waals surface area (Å²) in [6.45, 7) is 1.66. The zero-order valence-electron chi connectivity index (χ0n) is 14.8. The highest BCUT2D eigenvalue weighted by Gasteiger charge is 2.33. The molecular weight excluding hydrogens is 411 g/mol. The first-order valence-electron chi connectivity index (χ1n) is 8.14. The maximum atomic E-state index is 12.7. The highest BCUT2D eigenvalue weighted by Crippen LogP contribution is 2.31. The SMILES string of the molecule is CC(NC(=O)Nc1cnc(C(F)(F)F)cc1Cl)c1nccnc1-c1ncccn1. The minimum atomic E-state index is -4.64. The van der Waals surface area contributed by atoms with Gasteiger partial charge in [0.1, 0.15) is 11.4 Å². The van der Waals surface area contributed by atoms with Gasteiger partial charge in [-0.05, 0) is 19.1 Å². The molecular formula is C17H13ClF3N7O. The lowest BCUT2D eigenvalue weighted by Gasteiger charge is -2.16. The summed E-state index contributed by atoms with van der Waals surface area (Å²) in [6, 6.07) is 0.945. The van der Waals surface area contributed by atoms with E-state index in [0.717, 1.165) is 6.20 Å². The van der Waals surface area contributed by atoms with E-state index in [1.54, 1.807) is 25.4 Å². The molecule has 1 atom stereocenters. The van der Waals surface area contributed by atoms with Crippen LogP contribution in [-0.2, 0) is 6.18 Å². The maximum Gasteiger partial charge on any atom is 0.433 e. The number of nitrogens with one attached hydrogen (secondary N) is 2. The van der Waals surface area contributed by atoms with E-state index in [2.05, 4.69) is 35.6 Å². The van der Waals surface area contributed by atoms with Crippen molar-refractivity contribution >= 4 is 23.3 Å². The Labute approximate surface area is 167 Å². The van der Waals surface area contributed by atoms with Crippen molar-refractivity contribution < 1.29 is 18.0 Å². The molecule has 0 aliphatic heterocycles. The summed E-state index contributed by atoms with van der Waals surface area (Å²) >= 11 is 5.82. The third-order valence-corrected chi connectivity index (χ3v) is 3.97. The number of amides is 2. The van der Waals surface area contributed by atoms with Crippen LogP contribution in [0.1, 0.15) is 24.4 Å². The predicted molar refractivity (Wildman–Crippen MR) is 97.9 cm³/mol. The number of pyridine rings is 1. The van der Waals surface area contributed by atoms with Crippen molar-refractivity contribution in [1.29, 1.82) is 0 Å². The molecule has 8 nitrogen and oxygen atoms in total. The van der Waals surface area contributed by atoms with Crippen molar-refractivity contribution in [2.75, 3.05) is 5.32 Å². The van der Waals surface area contributed by atoms with Crippen molar-refractivity contribution in [2.45, 2.75) is 19.1 Å². The molecule has 2 amide bonds. The maximum absolute atomic E-state index is 12.7. The molecule has 3 heterocycles. The Bertz CT molecular complexity index is 1020. The highest BCUT2D eigenvalue weighted by atomic mass is 35.5. The Morgan fingerprint density at radius 1 is 1.07 bits per heavy atom. The van der Waals surface area contributed by atoms with E-state index >= 15 is 0 Å². The molecule has 3 aromatic heterocycles. The van der Waals surface area contributed by atoms with Crippen molar-refractivity contribution in [3.63, 3.8) is 0 Å². The number of carbonyl (C=O) groups excluding carboxylic acids is 1. The van der Waals surface area contributed by atoms with Gasteiger partial charge in [0.15, 0.2) is 5.82 Å². The van der Waals surface area contributed by atoms with Crippen molar-refractivity contribution in [1.82, 2.24) is 30.2 Å². The van der Waals surface area contributed by atoms with Crippen LogP contribution in [0.4, 0.5) is 23.7 Å². The number of urea groups is 1. The molecule has 29 heavy (non-hydrogen) atoms. The summed E-state index contributed by atoms with van der Waals surface area (Å²) in [7, 11) is 0. The van der Waals surface area contributed by atoms with E-state index in [9.17, 15) is 18.0 Å². The molecule has 0 bridgehead atoms. The second-order valence-electron chi connectivity index (χ2n) is 5.73. The van der Waals surface area contributed by atoms with Crippen LogP contribution in [-0.4, -0.2) is 31.0 Å². The van der Waals surface area contributed by atoms with Crippen LogP contribution in [0, 0.1) is 0 Å². The van der Waals surface area contributed by atoms with Gasteiger partial charge in [0.2, 0.25) is 0 Å². The topological polar surface area (TPSA) is 106 Å². The minimum Gasteiger partial charge on any atom is -0.330 e. The Hall–Kier alpha value is -3.34. The van der Waals surface area contributed by atoms with E-state index in [4.69, 9.17) is 11.6 Å². The van der Waals surface area contributed by atoms with Crippen LogP contribution in [0.15, 0.2) is 43.1 Å². The van der Waals surface area contributed by atoms with E-state index in [1.807, 2.05) is 0 Å². The van der Waals surface area contributed by atoms with Gasteiger partial charge in [-0.15, -0.1) is 0 Å². The van der Waals surface area contributed by atoms with Gasteiger partial charge in [0.25, 0.3) is 0 Å². The smallest absolute Gasteiger partial charge is 0.330 e. The van der Waals surface area contributed by atoms with Gasteiger partial charge in [-0.2, -0.15) is 13.2 Å². The number of hydrogen-bond acceptors (Lipinski definition) is 6. The highest BCUT2D eigenvalue weighted by molar-refractivity contribution is 6.33. The second kappa shape index (κ2) is 8.35. The Kier molecular flexibility index (Phi) is 5.87. The number of halogens is 4. The number of carbonyl (C=O) groups is 1. The van der Waals surface area contributed by atoms with Gasteiger partial charge in [-0.1, -0.05) is 11.6 Å². The second-order valence-corrected chi connectivity index (χ2v) is 6.14. The quantitative estimate of drug-likeness (QED) is 0.659. The number of hydrogen-bond donors (Lipinski definition) is 2. The van der Waals surface area contributed by atoms with Crippen molar-refractivity contribution in [2.24, 2.45) is 0 Å². The van der Waals surface area contributed by atoms with Crippen molar-refractivity contribution in [3.05, 3.63) is 59.5 Å². The zero-order chi connectivity index (χ0) is 21.0. The van der Waals surface area contributed by atoms with Crippen LogP contribution in [0.5, 0.6) is 0 Å². The summed E-state index contributed by atoms with van der Waals surface area (Å²) in [5.74, 6) is 0.333. The standard InChI is InChI=1S/C17H13ClF3N7O/c1-9(13-14(23-6-5-22-13)15-24-3-2-4-25-15)27-16(29)28-11-8-26-12(7-10(11)18)17(19,20)21/h2-9H,1H3,(H2,27,28,29). The molecule has 0 saturated heterocycles. The monoisotopic (exact) mass is 423 g/mol. The van der Waals surface area contributed by atoms with E-state index in [0.29, 0.717) is 23.3 Å². The fourth-order valence-electron chi connectivity index (χ4n) is 2.36. The van der Waals surface area contributed by atoms with E-state index in [1.165, 1.54) is 12.4 Å². The third kappa shape index (κ3) is 4.93. The molecule has 3 aromatic rings. The van der Waals surface area contributed by atoms with Gasteiger partial charge in [0, 0.05) is 24.8 Å². The van der Waals surface area contributed by atoms with Crippen LogP contribution in [0.3, 0.4) is 0 Å². The van der Waals surface area contributed by atoms with Crippen LogP contribution >= 0.6 is 11.6 Å². The summed E-state index contributed by atoms with van der Waals surface area (Å²) in [4.78, 5) is 32.2. The molecule has 150 valence electrons. The van der Waals surface area contributed by atoms with Crippen molar-refractivity contribution in [3.8, 4) is 11.5 Å². The molecule has 0 aromatic carbocycles. The molecule has 0 spiro atoms. The third-order valence-electron chi connectivity index (χ3n) is 3.65. The van der Waals surface area contributed by atoms with Gasteiger partial charge in [-0.3, -0.25) is 4.98 Å². The average Bonchev–Trinajstić information content (AvgIpc) is 2.69. The number of rotatable bonds is 4. The summed E-state index contributed by atoms with van der Waals surface area (Å²) < 4.78 is 38.0. The van der Waals surface area contributed by atoms with Gasteiger partial charge in [-0.25, -0.2) is 24.7 Å². The lowest BCUT2D eigenvalue weighted by atomic mass is 10.1. The largest absolute Gasteiger partial charge is 0.433 e. The Morgan fingerprint density at radius 3 is 2.41 bits per heavy atom. The predicted octanol–water partition coefficient (Wildman–Crippen LogP) is 3.88. The molecule has 0 saturated carbocycles. The first-order chi connectivity index (χ1) is 13.8. The minimum absolute atomic E-state index is 0.0740. The molecule has 0 radical (unpaired) electrons. The molecule has 2 N–H and O–H groups in total. The molecule has 0 aliphatic rings. The molecule has 1 unspecified atom stereocenters. The summed E-state index contributed by atoms with van der Waals surface area (Å²) in [6.07, 6.45) is 2.21. The van der Waals surface area contributed by atoms with Crippen LogP contribution in [0.25, 0.3) is 11.5 Å². The van der Waals surface area contributed by atoms with Crippen LogP contribution < -0.4 is 10.6 Å². The summed E-state index contributed by atoms with van der Waals surface area (Å²) in [5, 5.41) is 4.67. The van der Waals surface area contributed by atoms with Gasteiger partial charge < -0.3 is 10.6 Å². The van der Waals surface area contributed by atoms with Gasteiger partial charge >= 0.3 is 12.2 Å². The van der Waals surface area contributed by atoms with E-state index in [-0.39, 0.29) is 10.7 Å². The zero-order valence-corrected chi connectivity index (χ0v) is 15.5.